The Kier molecular flexibility index (Phi) is 3.98. The van der Waals surface area contributed by atoms with Gasteiger partial charge in [-0.2, -0.15) is 0 Å². The summed E-state index contributed by atoms with van der Waals surface area (Å²) in [6, 6.07) is 2.82. The molecule has 1 atom stereocenters. The van der Waals surface area contributed by atoms with E-state index >= 15 is 0 Å². The fraction of sp³-hybridized carbons (Fsp3) is 0.650. The van der Waals surface area contributed by atoms with E-state index < -0.39 is 0 Å². The summed E-state index contributed by atoms with van der Waals surface area (Å²) in [5.74, 6) is 0.951. The molecule has 27 heavy (non-hydrogen) atoms. The number of fused-ring (bicyclic) bond motifs is 1. The standard InChI is InChI=1S/C20H28N6O/c1-25(18-15-7-10-21-17(15)22-13-23-18)16-11-26(12-20(16)8-9-20)19(27)24-14-5-3-2-4-6-14/h7,10,13-14,16H,2-6,8-9,11-12H2,1H3,(H,24,27)(H,21,22,23). The second-order valence-electron chi connectivity index (χ2n) is 8.59. The quantitative estimate of drug-likeness (QED) is 0.873. The summed E-state index contributed by atoms with van der Waals surface area (Å²) in [4.78, 5) is 29.2. The van der Waals surface area contributed by atoms with Crippen molar-refractivity contribution < 1.29 is 4.79 Å². The summed E-state index contributed by atoms with van der Waals surface area (Å²) in [5, 5.41) is 4.33. The molecule has 0 radical (unpaired) electrons. The third-order valence-electron chi connectivity index (χ3n) is 6.85. The second-order valence-corrected chi connectivity index (χ2v) is 8.59. The molecule has 2 amide bonds. The molecule has 2 N–H and O–H groups in total. The van der Waals surface area contributed by atoms with Gasteiger partial charge < -0.3 is 20.1 Å². The number of likely N-dealkylation sites (tertiary alicyclic amines) is 1. The Morgan fingerprint density at radius 1 is 1.30 bits per heavy atom. The number of amides is 2. The first-order valence-corrected chi connectivity index (χ1v) is 10.2. The maximum absolute atomic E-state index is 12.9. The molecular weight excluding hydrogens is 340 g/mol. The van der Waals surface area contributed by atoms with E-state index in [0.717, 1.165) is 42.8 Å². The van der Waals surface area contributed by atoms with Crippen LogP contribution in [0.2, 0.25) is 0 Å². The van der Waals surface area contributed by atoms with Crippen LogP contribution in [-0.4, -0.2) is 58.1 Å². The Morgan fingerprint density at radius 3 is 2.89 bits per heavy atom. The number of H-pyrrole nitrogens is 1. The number of hydrogen-bond donors (Lipinski definition) is 2. The molecule has 3 aliphatic rings. The minimum atomic E-state index is 0.124. The number of rotatable bonds is 3. The number of carbonyl (C=O) groups excluding carboxylic acids is 1. The average Bonchev–Trinajstić information content (AvgIpc) is 3.13. The molecule has 144 valence electrons. The van der Waals surface area contributed by atoms with Gasteiger partial charge in [0.15, 0.2) is 0 Å². The van der Waals surface area contributed by atoms with E-state index in [4.69, 9.17) is 0 Å². The molecule has 2 aliphatic carbocycles. The number of carbonyl (C=O) groups is 1. The van der Waals surface area contributed by atoms with Crippen LogP contribution in [-0.2, 0) is 0 Å². The fourth-order valence-corrected chi connectivity index (χ4v) is 5.09. The lowest BCUT2D eigenvalue weighted by molar-refractivity contribution is 0.198. The first-order valence-electron chi connectivity index (χ1n) is 10.2. The van der Waals surface area contributed by atoms with Crippen molar-refractivity contribution >= 4 is 22.9 Å². The van der Waals surface area contributed by atoms with Crippen molar-refractivity contribution in [1.29, 1.82) is 0 Å². The molecule has 0 aromatic carbocycles. The van der Waals surface area contributed by atoms with Crippen LogP contribution >= 0.6 is 0 Å². The highest BCUT2D eigenvalue weighted by Crippen LogP contribution is 2.55. The third kappa shape index (κ3) is 2.93. The van der Waals surface area contributed by atoms with E-state index in [0.29, 0.717) is 12.1 Å². The van der Waals surface area contributed by atoms with Gasteiger partial charge in [-0.15, -0.1) is 0 Å². The molecule has 2 aromatic heterocycles. The molecule has 3 fully saturated rings. The Bertz CT molecular complexity index is 838. The highest BCUT2D eigenvalue weighted by molar-refractivity contribution is 5.87. The van der Waals surface area contributed by atoms with Crippen molar-refractivity contribution in [3.8, 4) is 0 Å². The van der Waals surface area contributed by atoms with Crippen LogP contribution in [0.3, 0.4) is 0 Å². The largest absolute Gasteiger partial charge is 0.354 e. The molecule has 1 spiro atoms. The van der Waals surface area contributed by atoms with E-state index in [2.05, 4.69) is 32.2 Å². The zero-order valence-corrected chi connectivity index (χ0v) is 15.9. The van der Waals surface area contributed by atoms with Crippen molar-refractivity contribution in [3.05, 3.63) is 18.6 Å². The normalized spacial score (nSPS) is 24.5. The first-order chi connectivity index (χ1) is 13.2. The zero-order valence-electron chi connectivity index (χ0n) is 15.9. The highest BCUT2D eigenvalue weighted by atomic mass is 16.2. The summed E-state index contributed by atoms with van der Waals surface area (Å²) >= 11 is 0. The van der Waals surface area contributed by atoms with Gasteiger partial charge >= 0.3 is 6.03 Å². The van der Waals surface area contributed by atoms with Gasteiger partial charge in [-0.3, -0.25) is 0 Å². The molecule has 1 aliphatic heterocycles. The predicted molar refractivity (Wildman–Crippen MR) is 105 cm³/mol. The number of urea groups is 1. The molecule has 0 bridgehead atoms. The Hall–Kier alpha value is -2.31. The van der Waals surface area contributed by atoms with Gasteiger partial charge in [0.25, 0.3) is 0 Å². The number of aromatic amines is 1. The van der Waals surface area contributed by atoms with Crippen LogP contribution in [0.15, 0.2) is 18.6 Å². The van der Waals surface area contributed by atoms with Crippen LogP contribution in [0.1, 0.15) is 44.9 Å². The molecule has 1 saturated heterocycles. The SMILES string of the molecule is CN(c1ncnc2[nH]ccc12)C1CN(C(=O)NC2CCCCC2)CC12CC2. The number of likely N-dealkylation sites (N-methyl/N-ethyl adjacent to an activating group) is 1. The Balaban J connectivity index is 1.33. The van der Waals surface area contributed by atoms with Gasteiger partial charge in [0, 0.05) is 37.8 Å². The van der Waals surface area contributed by atoms with Gasteiger partial charge in [-0.25, -0.2) is 14.8 Å². The summed E-state index contributed by atoms with van der Waals surface area (Å²) < 4.78 is 0. The van der Waals surface area contributed by atoms with Crippen LogP contribution in [0.25, 0.3) is 11.0 Å². The lowest BCUT2D eigenvalue weighted by Crippen LogP contribution is -2.46. The van der Waals surface area contributed by atoms with Gasteiger partial charge in [-0.1, -0.05) is 19.3 Å². The molecular formula is C20H28N6O. The Labute approximate surface area is 159 Å². The summed E-state index contributed by atoms with van der Waals surface area (Å²) in [7, 11) is 2.11. The van der Waals surface area contributed by atoms with Crippen LogP contribution in [0, 0.1) is 5.41 Å². The van der Waals surface area contributed by atoms with Crippen LogP contribution in [0.4, 0.5) is 10.6 Å². The minimum absolute atomic E-state index is 0.124. The minimum Gasteiger partial charge on any atom is -0.354 e. The van der Waals surface area contributed by atoms with E-state index in [9.17, 15) is 4.79 Å². The van der Waals surface area contributed by atoms with Crippen molar-refractivity contribution in [2.45, 2.75) is 57.0 Å². The molecule has 7 nitrogen and oxygen atoms in total. The number of anilines is 1. The molecule has 1 unspecified atom stereocenters. The average molecular weight is 368 g/mol. The number of nitrogens with zero attached hydrogens (tertiary/aromatic N) is 4. The second kappa shape index (κ2) is 6.39. The van der Waals surface area contributed by atoms with Gasteiger partial charge in [0.1, 0.15) is 17.8 Å². The van der Waals surface area contributed by atoms with Crippen molar-refractivity contribution in [3.63, 3.8) is 0 Å². The number of aromatic nitrogens is 3. The number of hydrogen-bond acceptors (Lipinski definition) is 4. The fourth-order valence-electron chi connectivity index (χ4n) is 5.09. The summed E-state index contributed by atoms with van der Waals surface area (Å²) in [6.07, 6.45) is 11.9. The third-order valence-corrected chi connectivity index (χ3v) is 6.85. The zero-order chi connectivity index (χ0) is 18.4. The maximum atomic E-state index is 12.9. The predicted octanol–water partition coefficient (Wildman–Crippen LogP) is 2.90. The van der Waals surface area contributed by atoms with Crippen molar-refractivity contribution in [2.75, 3.05) is 25.0 Å². The lowest BCUT2D eigenvalue weighted by Gasteiger charge is -2.30. The maximum Gasteiger partial charge on any atom is 0.317 e. The Morgan fingerprint density at radius 2 is 2.11 bits per heavy atom. The smallest absolute Gasteiger partial charge is 0.317 e. The van der Waals surface area contributed by atoms with E-state index in [1.165, 1.54) is 32.1 Å². The summed E-state index contributed by atoms with van der Waals surface area (Å²) in [5.41, 5.74) is 1.09. The van der Waals surface area contributed by atoms with E-state index in [1.54, 1.807) is 6.33 Å². The van der Waals surface area contributed by atoms with Crippen molar-refractivity contribution in [1.82, 2.24) is 25.2 Å². The van der Waals surface area contributed by atoms with Gasteiger partial charge in [-0.05, 0) is 31.7 Å². The lowest BCUT2D eigenvalue weighted by atomic mass is 9.96. The first kappa shape index (κ1) is 16.8. The van der Waals surface area contributed by atoms with Crippen LogP contribution in [0.5, 0.6) is 0 Å². The molecule has 3 heterocycles. The molecule has 5 rings (SSSR count). The highest BCUT2D eigenvalue weighted by Gasteiger charge is 2.57. The number of nitrogens with one attached hydrogen (secondary N) is 2. The topological polar surface area (TPSA) is 77.2 Å². The van der Waals surface area contributed by atoms with Gasteiger partial charge in [0.2, 0.25) is 0 Å². The van der Waals surface area contributed by atoms with Gasteiger partial charge in [0.05, 0.1) is 11.4 Å². The van der Waals surface area contributed by atoms with Crippen molar-refractivity contribution in [2.24, 2.45) is 5.41 Å². The van der Waals surface area contributed by atoms with E-state index in [-0.39, 0.29) is 11.4 Å². The van der Waals surface area contributed by atoms with E-state index in [1.807, 2.05) is 17.2 Å². The molecule has 7 heteroatoms. The summed E-state index contributed by atoms with van der Waals surface area (Å²) in [6.45, 7) is 1.63. The van der Waals surface area contributed by atoms with Crippen LogP contribution < -0.4 is 10.2 Å². The molecule has 2 aromatic rings. The molecule has 2 saturated carbocycles. The monoisotopic (exact) mass is 368 g/mol.